The Hall–Kier alpha value is -2.89. The summed E-state index contributed by atoms with van der Waals surface area (Å²) in [6.45, 7) is 3.53. The molecular weight excluding hydrogens is 270 g/mol. The van der Waals surface area contributed by atoms with E-state index in [9.17, 15) is 9.59 Å². The summed E-state index contributed by atoms with van der Waals surface area (Å²) in [5.74, 6) is -1.27. The van der Waals surface area contributed by atoms with E-state index in [1.165, 1.54) is 6.08 Å². The number of hydrogen-bond donors (Lipinski definition) is 3. The molecule has 108 valence electrons. The molecule has 2 aromatic rings. The first-order chi connectivity index (χ1) is 9.97. The average molecular weight is 285 g/mol. The van der Waals surface area contributed by atoms with Gasteiger partial charge in [0.15, 0.2) is 0 Å². The maximum Gasteiger partial charge on any atom is 0.328 e. The van der Waals surface area contributed by atoms with Gasteiger partial charge in [0, 0.05) is 17.5 Å². The third-order valence-electron chi connectivity index (χ3n) is 2.92. The molecule has 3 N–H and O–H groups in total. The molecule has 0 atom stereocenters. The molecule has 0 aliphatic carbocycles. The largest absolute Gasteiger partial charge is 0.478 e. The molecule has 1 heterocycles. The molecular formula is C15H15N3O3. The zero-order valence-corrected chi connectivity index (χ0v) is 11.7. The van der Waals surface area contributed by atoms with Gasteiger partial charge in [-0.2, -0.15) is 5.10 Å². The molecule has 1 aromatic carbocycles. The second kappa shape index (κ2) is 6.04. The van der Waals surface area contributed by atoms with Gasteiger partial charge in [-0.3, -0.25) is 9.89 Å². The van der Waals surface area contributed by atoms with Crippen LogP contribution in [0, 0.1) is 13.8 Å². The first-order valence-electron chi connectivity index (χ1n) is 6.31. The van der Waals surface area contributed by atoms with E-state index in [2.05, 4.69) is 15.5 Å². The first-order valence-corrected chi connectivity index (χ1v) is 6.31. The summed E-state index contributed by atoms with van der Waals surface area (Å²) in [4.78, 5) is 22.7. The number of aliphatic carboxylic acids is 1. The molecule has 0 aliphatic rings. The number of hydrogen-bond acceptors (Lipinski definition) is 3. The molecule has 21 heavy (non-hydrogen) atoms. The van der Waals surface area contributed by atoms with Crippen LogP contribution in [-0.4, -0.2) is 27.2 Å². The van der Waals surface area contributed by atoms with Crippen molar-refractivity contribution in [3.8, 4) is 0 Å². The van der Waals surface area contributed by atoms with E-state index in [1.54, 1.807) is 38.1 Å². The third kappa shape index (κ3) is 3.56. The predicted octanol–water partition coefficient (Wildman–Crippen LogP) is 2.38. The zero-order chi connectivity index (χ0) is 15.4. The van der Waals surface area contributed by atoms with E-state index < -0.39 is 5.97 Å². The molecule has 0 spiro atoms. The van der Waals surface area contributed by atoms with Crippen LogP contribution in [-0.2, 0) is 4.79 Å². The molecule has 1 amide bonds. The number of carboxylic acid groups (broad SMARTS) is 1. The highest BCUT2D eigenvalue weighted by Gasteiger charge is 2.15. The number of carbonyl (C=O) groups excluding carboxylic acids is 1. The fraction of sp³-hybridized carbons (Fsp3) is 0.133. The van der Waals surface area contributed by atoms with E-state index in [-0.39, 0.29) is 5.91 Å². The third-order valence-corrected chi connectivity index (χ3v) is 2.92. The zero-order valence-electron chi connectivity index (χ0n) is 11.7. The van der Waals surface area contributed by atoms with E-state index in [0.717, 1.165) is 6.08 Å². The van der Waals surface area contributed by atoms with Crippen molar-refractivity contribution in [3.63, 3.8) is 0 Å². The monoisotopic (exact) mass is 285 g/mol. The van der Waals surface area contributed by atoms with Gasteiger partial charge in [-0.1, -0.05) is 12.1 Å². The number of anilines is 1. The Kier molecular flexibility index (Phi) is 4.18. The minimum atomic E-state index is -1.02. The molecule has 0 bridgehead atoms. The lowest BCUT2D eigenvalue weighted by Gasteiger charge is -2.06. The smallest absolute Gasteiger partial charge is 0.328 e. The molecule has 6 nitrogen and oxygen atoms in total. The van der Waals surface area contributed by atoms with Crippen molar-refractivity contribution in [2.24, 2.45) is 0 Å². The SMILES string of the molecule is Cc1n[nH]c(C)c1C(=O)Nc1cccc(/C=C/C(=O)O)c1. The molecule has 0 radical (unpaired) electrons. The first kappa shape index (κ1) is 14.5. The van der Waals surface area contributed by atoms with Gasteiger partial charge in [0.1, 0.15) is 0 Å². The Bertz CT molecular complexity index is 697. The molecule has 0 saturated heterocycles. The number of benzene rings is 1. The minimum absolute atomic E-state index is 0.252. The lowest BCUT2D eigenvalue weighted by atomic mass is 10.1. The highest BCUT2D eigenvalue weighted by atomic mass is 16.4. The number of nitrogens with zero attached hydrogens (tertiary/aromatic N) is 1. The van der Waals surface area contributed by atoms with Crippen molar-refractivity contribution < 1.29 is 14.7 Å². The lowest BCUT2D eigenvalue weighted by Crippen LogP contribution is -2.13. The summed E-state index contributed by atoms with van der Waals surface area (Å²) in [5.41, 5.74) is 3.13. The maximum atomic E-state index is 12.2. The van der Waals surface area contributed by atoms with Crippen LogP contribution >= 0.6 is 0 Å². The average Bonchev–Trinajstić information content (AvgIpc) is 2.76. The maximum absolute atomic E-state index is 12.2. The normalized spacial score (nSPS) is 10.8. The Balaban J connectivity index is 2.18. The fourth-order valence-corrected chi connectivity index (χ4v) is 1.97. The van der Waals surface area contributed by atoms with Gasteiger partial charge in [-0.15, -0.1) is 0 Å². The molecule has 1 aromatic heterocycles. The van der Waals surface area contributed by atoms with Gasteiger partial charge in [-0.25, -0.2) is 4.79 Å². The van der Waals surface area contributed by atoms with Crippen LogP contribution in [0.3, 0.4) is 0 Å². The van der Waals surface area contributed by atoms with Crippen LogP contribution in [0.25, 0.3) is 6.08 Å². The Morgan fingerprint density at radius 3 is 2.71 bits per heavy atom. The number of H-pyrrole nitrogens is 1. The molecule has 6 heteroatoms. The summed E-state index contributed by atoms with van der Waals surface area (Å²) < 4.78 is 0. The summed E-state index contributed by atoms with van der Waals surface area (Å²) >= 11 is 0. The summed E-state index contributed by atoms with van der Waals surface area (Å²) in [7, 11) is 0. The van der Waals surface area contributed by atoms with Crippen LogP contribution in [0.4, 0.5) is 5.69 Å². The number of carbonyl (C=O) groups is 2. The van der Waals surface area contributed by atoms with E-state index in [4.69, 9.17) is 5.11 Å². The number of carboxylic acids is 1. The van der Waals surface area contributed by atoms with Crippen molar-refractivity contribution in [2.45, 2.75) is 13.8 Å². The van der Waals surface area contributed by atoms with Gasteiger partial charge >= 0.3 is 5.97 Å². The Morgan fingerprint density at radius 2 is 2.10 bits per heavy atom. The number of aromatic amines is 1. The Labute approximate surface area is 121 Å². The van der Waals surface area contributed by atoms with Crippen molar-refractivity contribution in [3.05, 3.63) is 52.9 Å². The van der Waals surface area contributed by atoms with Crippen molar-refractivity contribution >= 4 is 23.6 Å². The fourth-order valence-electron chi connectivity index (χ4n) is 1.97. The van der Waals surface area contributed by atoms with E-state index in [0.29, 0.717) is 28.2 Å². The van der Waals surface area contributed by atoms with E-state index >= 15 is 0 Å². The molecule has 0 unspecified atom stereocenters. The molecule has 0 fully saturated rings. The predicted molar refractivity (Wildman–Crippen MR) is 79.1 cm³/mol. The minimum Gasteiger partial charge on any atom is -0.478 e. The number of aromatic nitrogens is 2. The van der Waals surface area contributed by atoms with Crippen molar-refractivity contribution in [1.29, 1.82) is 0 Å². The lowest BCUT2D eigenvalue weighted by molar-refractivity contribution is -0.131. The van der Waals surface area contributed by atoms with Gasteiger partial charge in [-0.05, 0) is 37.6 Å². The highest BCUT2D eigenvalue weighted by molar-refractivity contribution is 6.05. The standard InChI is InChI=1S/C15H15N3O3/c1-9-14(10(2)18-17-9)15(21)16-12-5-3-4-11(8-12)6-7-13(19)20/h3-8H,1-2H3,(H,16,21)(H,17,18)(H,19,20)/b7-6+. The van der Waals surface area contributed by atoms with Crippen LogP contribution in [0.15, 0.2) is 30.3 Å². The number of amides is 1. The van der Waals surface area contributed by atoms with E-state index in [1.807, 2.05) is 0 Å². The number of aryl methyl sites for hydroxylation is 2. The summed E-state index contributed by atoms with van der Waals surface area (Å²) in [6.07, 6.45) is 2.51. The quantitative estimate of drug-likeness (QED) is 0.751. The summed E-state index contributed by atoms with van der Waals surface area (Å²) in [5, 5.41) is 18.1. The second-order valence-corrected chi connectivity index (χ2v) is 4.56. The highest BCUT2D eigenvalue weighted by Crippen LogP contribution is 2.16. The Morgan fingerprint density at radius 1 is 1.33 bits per heavy atom. The van der Waals surface area contributed by atoms with Crippen LogP contribution < -0.4 is 5.32 Å². The topological polar surface area (TPSA) is 95.1 Å². The van der Waals surface area contributed by atoms with Crippen molar-refractivity contribution in [1.82, 2.24) is 10.2 Å². The molecule has 0 saturated carbocycles. The van der Waals surface area contributed by atoms with Gasteiger partial charge in [0.05, 0.1) is 11.3 Å². The number of nitrogens with one attached hydrogen (secondary N) is 2. The summed E-state index contributed by atoms with van der Waals surface area (Å²) in [6, 6.07) is 6.93. The molecule has 2 rings (SSSR count). The second-order valence-electron chi connectivity index (χ2n) is 4.56. The van der Waals surface area contributed by atoms with Gasteiger partial charge < -0.3 is 10.4 Å². The van der Waals surface area contributed by atoms with Crippen LogP contribution in [0.5, 0.6) is 0 Å². The van der Waals surface area contributed by atoms with Crippen LogP contribution in [0.2, 0.25) is 0 Å². The van der Waals surface area contributed by atoms with Crippen LogP contribution in [0.1, 0.15) is 27.3 Å². The van der Waals surface area contributed by atoms with Gasteiger partial charge in [0.25, 0.3) is 5.91 Å². The molecule has 0 aliphatic heterocycles. The van der Waals surface area contributed by atoms with Gasteiger partial charge in [0.2, 0.25) is 0 Å². The number of rotatable bonds is 4. The van der Waals surface area contributed by atoms with Crippen molar-refractivity contribution in [2.75, 3.05) is 5.32 Å².